The van der Waals surface area contributed by atoms with Crippen LogP contribution in [0.25, 0.3) is 11.2 Å². The van der Waals surface area contributed by atoms with E-state index in [-0.39, 0.29) is 18.8 Å². The van der Waals surface area contributed by atoms with Gasteiger partial charge in [0.15, 0.2) is 11.5 Å². The van der Waals surface area contributed by atoms with E-state index in [1.165, 1.54) is 30.7 Å². The Kier molecular flexibility index (Phi) is 7.65. The number of rotatable bonds is 6. The molecule has 0 radical (unpaired) electrons. The monoisotopic (exact) mass is 458 g/mol. The fraction of sp³-hybridized carbons (Fsp3) is 0.312. The summed E-state index contributed by atoms with van der Waals surface area (Å²) < 4.78 is 38.0. The van der Waals surface area contributed by atoms with Crippen molar-refractivity contribution in [3.63, 3.8) is 0 Å². The first-order valence-corrected chi connectivity index (χ1v) is 8.58. The van der Waals surface area contributed by atoms with Crippen molar-refractivity contribution in [1.82, 2.24) is 34.8 Å². The Hall–Kier alpha value is -4.24. The lowest BCUT2D eigenvalue weighted by Gasteiger charge is -2.16. The minimum atomic E-state index is -5.08. The average molecular weight is 458 g/mol. The predicted molar refractivity (Wildman–Crippen MR) is 99.7 cm³/mol. The van der Waals surface area contributed by atoms with Gasteiger partial charge in [-0.3, -0.25) is 4.79 Å². The molecule has 3 aromatic heterocycles. The van der Waals surface area contributed by atoms with E-state index >= 15 is 0 Å². The molecule has 0 fully saturated rings. The quantitative estimate of drug-likeness (QED) is 0.356. The number of nitrogens with one attached hydrogen (secondary N) is 2. The van der Waals surface area contributed by atoms with Crippen molar-refractivity contribution in [2.45, 2.75) is 25.2 Å². The molecule has 3 heterocycles. The molecule has 0 saturated heterocycles. The Morgan fingerprint density at radius 1 is 1.31 bits per heavy atom. The summed E-state index contributed by atoms with van der Waals surface area (Å²) >= 11 is 0. The molecule has 172 valence electrons. The minimum absolute atomic E-state index is 0.0799. The number of halogens is 3. The van der Waals surface area contributed by atoms with Gasteiger partial charge >= 0.3 is 18.1 Å². The van der Waals surface area contributed by atoms with E-state index in [0.717, 1.165) is 0 Å². The highest BCUT2D eigenvalue weighted by Crippen LogP contribution is 2.14. The fourth-order valence-electron chi connectivity index (χ4n) is 2.36. The van der Waals surface area contributed by atoms with Gasteiger partial charge in [-0.2, -0.15) is 13.2 Å². The number of aromatic nitrogens is 6. The summed E-state index contributed by atoms with van der Waals surface area (Å²) in [5.74, 6) is -3.47. The van der Waals surface area contributed by atoms with Crippen LogP contribution in [0.2, 0.25) is 0 Å². The maximum Gasteiger partial charge on any atom is 0.490 e. The smallest absolute Gasteiger partial charge is 0.475 e. The molecule has 0 aliphatic rings. The first-order chi connectivity index (χ1) is 15.0. The third-order valence-corrected chi connectivity index (χ3v) is 3.79. The van der Waals surface area contributed by atoms with Crippen LogP contribution in [0.15, 0.2) is 25.2 Å². The van der Waals surface area contributed by atoms with E-state index in [1.54, 1.807) is 6.20 Å². The summed E-state index contributed by atoms with van der Waals surface area (Å²) in [5, 5.41) is 9.76. The largest absolute Gasteiger partial charge is 0.490 e. The van der Waals surface area contributed by atoms with Crippen LogP contribution in [0.4, 0.5) is 19.0 Å². The standard InChI is InChI=1S/C14H16N8O3.C2HF3O2/c1-25-14(24)9(2-8-3-16-5-17-8)21-10(23)4-22-7-20-11-12(15)18-6-19-13(11)22;3-2(4,5)1(6)7/h3,5-7,9H,2,4H2,1H3,(H,16,17)(H,21,23)(H2,15,18,19);(H,6,7)/t9-;/m1./s1. The van der Waals surface area contributed by atoms with Crippen molar-refractivity contribution in [3.8, 4) is 0 Å². The molecular formula is C16H17F3N8O5. The van der Waals surface area contributed by atoms with E-state index in [4.69, 9.17) is 20.4 Å². The zero-order chi connectivity index (χ0) is 23.9. The number of nitrogens with zero attached hydrogens (tertiary/aromatic N) is 5. The fourth-order valence-corrected chi connectivity index (χ4v) is 2.36. The van der Waals surface area contributed by atoms with E-state index in [9.17, 15) is 22.8 Å². The Balaban J connectivity index is 0.000000451. The molecule has 0 aromatic carbocycles. The third-order valence-electron chi connectivity index (χ3n) is 3.79. The lowest BCUT2D eigenvalue weighted by molar-refractivity contribution is -0.192. The van der Waals surface area contributed by atoms with Gasteiger partial charge in [-0.05, 0) is 0 Å². The number of nitrogen functional groups attached to an aromatic ring is 1. The van der Waals surface area contributed by atoms with Gasteiger partial charge in [0.2, 0.25) is 5.91 Å². The molecular weight excluding hydrogens is 441 g/mol. The summed E-state index contributed by atoms with van der Waals surface area (Å²) in [4.78, 5) is 51.9. The highest BCUT2D eigenvalue weighted by atomic mass is 19.4. The molecule has 3 rings (SSSR count). The molecule has 1 atom stereocenters. The molecule has 1 amide bonds. The van der Waals surface area contributed by atoms with Gasteiger partial charge < -0.3 is 30.4 Å². The van der Waals surface area contributed by atoms with E-state index in [2.05, 4.69) is 30.2 Å². The number of methoxy groups -OCH3 is 1. The highest BCUT2D eigenvalue weighted by molar-refractivity contribution is 5.86. The number of carbonyl (C=O) groups is 3. The number of H-pyrrole nitrogens is 1. The van der Waals surface area contributed by atoms with Crippen LogP contribution in [-0.4, -0.2) is 71.8 Å². The number of carboxylic acids is 1. The lowest BCUT2D eigenvalue weighted by atomic mass is 10.1. The van der Waals surface area contributed by atoms with Gasteiger partial charge in [0.05, 0.1) is 19.8 Å². The number of carbonyl (C=O) groups excluding carboxylic acids is 2. The summed E-state index contributed by atoms with van der Waals surface area (Å²) in [6, 6.07) is -0.840. The Morgan fingerprint density at radius 2 is 2.00 bits per heavy atom. The summed E-state index contributed by atoms with van der Waals surface area (Å²) in [6.07, 6.45) is 0.956. The number of anilines is 1. The zero-order valence-corrected chi connectivity index (χ0v) is 16.3. The number of carboxylic acid groups (broad SMARTS) is 1. The summed E-state index contributed by atoms with van der Waals surface area (Å²) in [5.41, 5.74) is 7.27. The predicted octanol–water partition coefficient (Wildman–Crippen LogP) is -0.335. The number of alkyl halides is 3. The second-order valence-electron chi connectivity index (χ2n) is 6.03. The number of aromatic amines is 1. The molecule has 0 bridgehead atoms. The molecule has 0 saturated carbocycles. The van der Waals surface area contributed by atoms with Crippen LogP contribution in [-0.2, 0) is 32.1 Å². The van der Waals surface area contributed by atoms with Crippen LogP contribution in [0.5, 0.6) is 0 Å². The second kappa shape index (κ2) is 10.2. The number of ether oxygens (including phenoxy) is 1. The number of amides is 1. The molecule has 16 heteroatoms. The molecule has 0 spiro atoms. The van der Waals surface area contributed by atoms with Gasteiger partial charge in [0, 0.05) is 18.3 Å². The molecule has 32 heavy (non-hydrogen) atoms. The number of hydrogen-bond donors (Lipinski definition) is 4. The maximum absolute atomic E-state index is 12.3. The van der Waals surface area contributed by atoms with Crippen LogP contribution < -0.4 is 11.1 Å². The topological polar surface area (TPSA) is 191 Å². The molecule has 0 unspecified atom stereocenters. The van der Waals surface area contributed by atoms with Crippen molar-refractivity contribution in [2.24, 2.45) is 0 Å². The maximum atomic E-state index is 12.3. The third kappa shape index (κ3) is 6.38. The zero-order valence-electron chi connectivity index (χ0n) is 16.3. The van der Waals surface area contributed by atoms with Crippen molar-refractivity contribution in [1.29, 1.82) is 0 Å². The number of aliphatic carboxylic acids is 1. The van der Waals surface area contributed by atoms with Gasteiger partial charge in [-0.1, -0.05) is 0 Å². The molecule has 0 aliphatic carbocycles. The van der Waals surface area contributed by atoms with Gasteiger partial charge in [-0.15, -0.1) is 0 Å². The van der Waals surface area contributed by atoms with Crippen molar-refractivity contribution >= 4 is 34.8 Å². The van der Waals surface area contributed by atoms with E-state index < -0.39 is 30.1 Å². The average Bonchev–Trinajstić information content (AvgIpc) is 3.37. The Bertz CT molecular complexity index is 1080. The van der Waals surface area contributed by atoms with Crippen molar-refractivity contribution < 1.29 is 37.4 Å². The van der Waals surface area contributed by atoms with Crippen LogP contribution >= 0.6 is 0 Å². The number of esters is 1. The number of imidazole rings is 2. The highest BCUT2D eigenvalue weighted by Gasteiger charge is 2.38. The molecule has 5 N–H and O–H groups in total. The summed E-state index contributed by atoms with van der Waals surface area (Å²) in [7, 11) is 1.26. The van der Waals surface area contributed by atoms with E-state index in [0.29, 0.717) is 16.9 Å². The normalized spacial score (nSPS) is 11.9. The van der Waals surface area contributed by atoms with Crippen LogP contribution in [0, 0.1) is 0 Å². The van der Waals surface area contributed by atoms with Gasteiger partial charge in [0.25, 0.3) is 0 Å². The van der Waals surface area contributed by atoms with Gasteiger partial charge in [-0.25, -0.2) is 29.5 Å². The minimum Gasteiger partial charge on any atom is -0.475 e. The molecule has 13 nitrogen and oxygen atoms in total. The van der Waals surface area contributed by atoms with Crippen LogP contribution in [0.3, 0.4) is 0 Å². The first kappa shape index (κ1) is 24.0. The SMILES string of the molecule is COC(=O)[C@@H](Cc1cnc[nH]1)NC(=O)Cn1cnc2c(N)ncnc21.O=C(O)C(F)(F)F. The molecule has 0 aliphatic heterocycles. The Morgan fingerprint density at radius 3 is 2.56 bits per heavy atom. The van der Waals surface area contributed by atoms with E-state index in [1.807, 2.05) is 0 Å². The van der Waals surface area contributed by atoms with Crippen molar-refractivity contribution in [2.75, 3.05) is 12.8 Å². The first-order valence-electron chi connectivity index (χ1n) is 8.58. The Labute approximate surface area is 176 Å². The van der Waals surface area contributed by atoms with Crippen LogP contribution in [0.1, 0.15) is 5.69 Å². The second-order valence-corrected chi connectivity index (χ2v) is 6.03. The number of fused-ring (bicyclic) bond motifs is 1. The van der Waals surface area contributed by atoms with Crippen molar-refractivity contribution in [3.05, 3.63) is 30.9 Å². The summed E-state index contributed by atoms with van der Waals surface area (Å²) in [6.45, 7) is -0.0799. The number of nitrogens with two attached hydrogens (primary N) is 1. The molecule has 3 aromatic rings. The van der Waals surface area contributed by atoms with Gasteiger partial charge in [0.1, 0.15) is 24.4 Å². The lowest BCUT2D eigenvalue weighted by Crippen LogP contribution is -2.44. The number of hydrogen-bond acceptors (Lipinski definition) is 9.